The lowest BCUT2D eigenvalue weighted by Crippen LogP contribution is -2.49. The summed E-state index contributed by atoms with van der Waals surface area (Å²) in [7, 11) is 0. The van der Waals surface area contributed by atoms with Crippen LogP contribution in [0.3, 0.4) is 0 Å². The second kappa shape index (κ2) is 11.1. The number of ether oxygens (including phenoxy) is 1. The van der Waals surface area contributed by atoms with Crippen molar-refractivity contribution < 1.29 is 14.1 Å². The summed E-state index contributed by atoms with van der Waals surface area (Å²) in [4.78, 5) is 25.9. The topological polar surface area (TPSA) is 84.6 Å². The number of anilines is 1. The van der Waals surface area contributed by atoms with Gasteiger partial charge in [-0.05, 0) is 29.8 Å². The predicted octanol–water partition coefficient (Wildman–Crippen LogP) is 5.56. The lowest BCUT2D eigenvalue weighted by Gasteiger charge is -2.35. The van der Waals surface area contributed by atoms with E-state index in [9.17, 15) is 4.79 Å². The van der Waals surface area contributed by atoms with Gasteiger partial charge >= 0.3 is 0 Å². The summed E-state index contributed by atoms with van der Waals surface area (Å²) in [6.45, 7) is 2.35. The lowest BCUT2D eigenvalue weighted by molar-refractivity contribution is -0.128. The van der Waals surface area contributed by atoms with Gasteiger partial charge in [0.05, 0.1) is 0 Å². The highest BCUT2D eigenvalue weighted by molar-refractivity contribution is 6.27. The summed E-state index contributed by atoms with van der Waals surface area (Å²) < 4.78 is 11.9. The molecule has 2 aromatic heterocycles. The molecule has 1 saturated heterocycles. The van der Waals surface area contributed by atoms with Crippen LogP contribution in [0.5, 0.6) is 11.5 Å². The zero-order valence-electron chi connectivity index (χ0n) is 21.2. The van der Waals surface area contributed by atoms with E-state index in [-0.39, 0.29) is 11.8 Å². The molecular weight excluding hydrogens is 514 g/mol. The minimum atomic E-state index is -0.0604. The number of carbonyl (C=O) groups excluding carboxylic acids is 1. The molecule has 6 rings (SSSR count). The fourth-order valence-corrected chi connectivity index (χ4v) is 4.92. The molecule has 1 amide bonds. The van der Waals surface area contributed by atoms with E-state index in [1.54, 1.807) is 4.90 Å². The lowest BCUT2D eigenvalue weighted by atomic mass is 10.1. The number of para-hydroxylation sites is 1. The van der Waals surface area contributed by atoms with Crippen molar-refractivity contribution in [2.24, 2.45) is 0 Å². The zero-order chi connectivity index (χ0) is 26.6. The molecule has 1 aliphatic heterocycles. The Bertz CT molecular complexity index is 1580. The van der Waals surface area contributed by atoms with Gasteiger partial charge < -0.3 is 19.1 Å². The van der Waals surface area contributed by atoms with E-state index in [1.165, 1.54) is 0 Å². The Hall–Kier alpha value is -4.43. The average molecular weight is 540 g/mol. The summed E-state index contributed by atoms with van der Waals surface area (Å²) in [5, 5.41) is 5.17. The molecule has 196 valence electrons. The monoisotopic (exact) mass is 539 g/mol. The molecule has 0 spiro atoms. The van der Waals surface area contributed by atoms with Crippen molar-refractivity contribution in [3.63, 3.8) is 0 Å². The molecule has 1 fully saturated rings. The van der Waals surface area contributed by atoms with Crippen molar-refractivity contribution in [3.8, 4) is 22.8 Å². The van der Waals surface area contributed by atoms with Gasteiger partial charge in [0.25, 0.3) is 5.71 Å². The maximum absolute atomic E-state index is 12.2. The van der Waals surface area contributed by atoms with Crippen LogP contribution in [0.4, 0.5) is 5.82 Å². The summed E-state index contributed by atoms with van der Waals surface area (Å²) >= 11 is 5.80. The highest BCUT2D eigenvalue weighted by Gasteiger charge is 2.27. The van der Waals surface area contributed by atoms with Gasteiger partial charge in [-0.25, -0.2) is 4.98 Å². The number of hydrogen-bond donors (Lipinski definition) is 0. The van der Waals surface area contributed by atoms with Gasteiger partial charge in [-0.2, -0.15) is 4.98 Å². The first kappa shape index (κ1) is 24.9. The summed E-state index contributed by atoms with van der Waals surface area (Å²) in [6, 6.07) is 27.4. The number of aromatic nitrogens is 3. The minimum Gasteiger partial charge on any atom is -0.457 e. The maximum Gasteiger partial charge on any atom is 0.263 e. The third kappa shape index (κ3) is 5.42. The van der Waals surface area contributed by atoms with Gasteiger partial charge in [0.1, 0.15) is 40.1 Å². The molecule has 8 nitrogen and oxygen atoms in total. The predicted molar refractivity (Wildman–Crippen MR) is 150 cm³/mol. The number of alkyl halides is 1. The molecule has 0 aliphatic carbocycles. The third-order valence-corrected chi connectivity index (χ3v) is 6.93. The molecule has 0 bridgehead atoms. The first-order valence-corrected chi connectivity index (χ1v) is 13.3. The smallest absolute Gasteiger partial charge is 0.263 e. The van der Waals surface area contributed by atoms with Crippen LogP contribution in [0.25, 0.3) is 22.4 Å². The SMILES string of the molecule is O=C(CCl)N1CCN(c2nc(Cc3ccccc3)nc3onc(-c4cccc(Oc5ccccc5)c4)c23)CC1. The molecule has 5 aromatic rings. The van der Waals surface area contributed by atoms with Crippen LogP contribution in [0.1, 0.15) is 11.4 Å². The summed E-state index contributed by atoms with van der Waals surface area (Å²) in [5.74, 6) is 2.75. The van der Waals surface area contributed by atoms with E-state index >= 15 is 0 Å². The largest absolute Gasteiger partial charge is 0.457 e. The van der Waals surface area contributed by atoms with E-state index in [2.05, 4.69) is 10.1 Å². The molecule has 3 heterocycles. The molecule has 0 saturated carbocycles. The number of nitrogens with zero attached hydrogens (tertiary/aromatic N) is 5. The fourth-order valence-electron chi connectivity index (χ4n) is 4.75. The van der Waals surface area contributed by atoms with Crippen LogP contribution in [0, 0.1) is 0 Å². The first-order valence-electron chi connectivity index (χ1n) is 12.8. The van der Waals surface area contributed by atoms with E-state index in [0.717, 1.165) is 28.1 Å². The Balaban J connectivity index is 1.39. The van der Waals surface area contributed by atoms with Crippen molar-refractivity contribution in [3.05, 3.63) is 96.3 Å². The summed E-state index contributed by atoms with van der Waals surface area (Å²) in [5.41, 5.74) is 3.00. The first-order chi connectivity index (χ1) is 19.2. The van der Waals surface area contributed by atoms with Gasteiger partial charge in [0, 0.05) is 38.2 Å². The molecule has 0 unspecified atom stereocenters. The molecule has 3 aromatic carbocycles. The van der Waals surface area contributed by atoms with E-state index < -0.39 is 0 Å². The zero-order valence-corrected chi connectivity index (χ0v) is 21.9. The number of piperazine rings is 1. The maximum atomic E-state index is 12.2. The van der Waals surface area contributed by atoms with Gasteiger partial charge in [-0.3, -0.25) is 4.79 Å². The molecule has 1 aliphatic rings. The van der Waals surface area contributed by atoms with Gasteiger partial charge in [-0.15, -0.1) is 11.6 Å². The Morgan fingerprint density at radius 2 is 1.59 bits per heavy atom. The minimum absolute atomic E-state index is 0.0177. The van der Waals surface area contributed by atoms with Crippen LogP contribution >= 0.6 is 11.6 Å². The van der Waals surface area contributed by atoms with Crippen LogP contribution in [-0.2, 0) is 11.2 Å². The number of rotatable bonds is 7. The van der Waals surface area contributed by atoms with Crippen molar-refractivity contribution in [1.82, 2.24) is 20.0 Å². The van der Waals surface area contributed by atoms with Crippen molar-refractivity contribution in [2.75, 3.05) is 37.0 Å². The van der Waals surface area contributed by atoms with Crippen LogP contribution < -0.4 is 9.64 Å². The van der Waals surface area contributed by atoms with E-state index in [1.807, 2.05) is 84.9 Å². The standard InChI is InChI=1S/C30H26ClN5O3/c31-20-26(37)35-14-16-36(17-15-35)29-27-28(22-10-7-13-24(19-22)38-23-11-5-2-6-12-23)34-39-30(27)33-25(32-29)18-21-8-3-1-4-9-21/h1-13,19H,14-18,20H2. The van der Waals surface area contributed by atoms with E-state index in [0.29, 0.717) is 55.6 Å². The Kier molecular flexibility index (Phi) is 7.10. The van der Waals surface area contributed by atoms with Crippen molar-refractivity contribution in [1.29, 1.82) is 0 Å². The van der Waals surface area contributed by atoms with Gasteiger partial charge in [0.2, 0.25) is 5.91 Å². The second-order valence-corrected chi connectivity index (χ2v) is 9.55. The Morgan fingerprint density at radius 1 is 0.872 bits per heavy atom. The summed E-state index contributed by atoms with van der Waals surface area (Å²) in [6.07, 6.45) is 0.560. The van der Waals surface area contributed by atoms with Crippen molar-refractivity contribution >= 4 is 34.4 Å². The van der Waals surface area contributed by atoms with Crippen LogP contribution in [-0.4, -0.2) is 58.0 Å². The quantitative estimate of drug-likeness (QED) is 0.250. The number of amides is 1. The molecule has 0 radical (unpaired) electrons. The highest BCUT2D eigenvalue weighted by atomic mass is 35.5. The van der Waals surface area contributed by atoms with Crippen LogP contribution in [0.2, 0.25) is 0 Å². The number of benzene rings is 3. The Labute approximate surface area is 230 Å². The molecule has 9 heteroatoms. The van der Waals surface area contributed by atoms with E-state index in [4.69, 9.17) is 30.8 Å². The molecule has 0 atom stereocenters. The second-order valence-electron chi connectivity index (χ2n) is 9.28. The third-order valence-electron chi connectivity index (χ3n) is 6.70. The molecular formula is C30H26ClN5O3. The fraction of sp³-hybridized carbons (Fsp3) is 0.200. The van der Waals surface area contributed by atoms with Gasteiger partial charge in [-0.1, -0.05) is 65.8 Å². The number of fused-ring (bicyclic) bond motifs is 1. The highest BCUT2D eigenvalue weighted by Crippen LogP contribution is 2.36. The number of halogens is 1. The average Bonchev–Trinajstić information content (AvgIpc) is 3.42. The molecule has 0 N–H and O–H groups in total. The molecule has 39 heavy (non-hydrogen) atoms. The van der Waals surface area contributed by atoms with Crippen molar-refractivity contribution in [2.45, 2.75) is 6.42 Å². The van der Waals surface area contributed by atoms with Crippen LogP contribution in [0.15, 0.2) is 89.5 Å². The number of hydrogen-bond acceptors (Lipinski definition) is 7. The Morgan fingerprint density at radius 3 is 2.33 bits per heavy atom. The van der Waals surface area contributed by atoms with Gasteiger partial charge in [0.15, 0.2) is 0 Å². The number of carbonyl (C=O) groups is 1. The normalized spacial score (nSPS) is 13.6.